The Morgan fingerprint density at radius 3 is 2.69 bits per heavy atom. The molecule has 1 aromatic carbocycles. The molecular formula is C21H26ClN5O5. The van der Waals surface area contributed by atoms with Crippen LogP contribution in [0.4, 0.5) is 0 Å². The number of halogens is 1. The predicted octanol–water partition coefficient (Wildman–Crippen LogP) is 1.01. The van der Waals surface area contributed by atoms with E-state index in [2.05, 4.69) is 10.3 Å². The molecule has 32 heavy (non-hydrogen) atoms. The third-order valence-corrected chi connectivity index (χ3v) is 5.73. The largest absolute Gasteiger partial charge is 0.490 e. The van der Waals surface area contributed by atoms with Crippen LogP contribution < -0.4 is 4.74 Å². The number of ether oxygens (including phenoxy) is 3. The number of amides is 2. The topological polar surface area (TPSA) is 99.0 Å². The van der Waals surface area contributed by atoms with Crippen molar-refractivity contribution >= 4 is 23.4 Å². The number of hydrogen-bond donors (Lipinski definition) is 0. The molecule has 2 aromatic rings. The first-order valence-corrected chi connectivity index (χ1v) is 10.9. The van der Waals surface area contributed by atoms with Crippen molar-refractivity contribution in [2.24, 2.45) is 7.05 Å². The first-order chi connectivity index (χ1) is 15.4. The zero-order valence-corrected chi connectivity index (χ0v) is 18.7. The van der Waals surface area contributed by atoms with Gasteiger partial charge in [0.15, 0.2) is 5.69 Å². The second kappa shape index (κ2) is 9.85. The van der Waals surface area contributed by atoms with Crippen LogP contribution in [0.1, 0.15) is 16.9 Å². The molecule has 2 saturated heterocycles. The molecule has 1 atom stereocenters. The van der Waals surface area contributed by atoms with E-state index in [1.807, 2.05) is 0 Å². The molecule has 0 saturated carbocycles. The van der Waals surface area contributed by atoms with E-state index in [9.17, 15) is 9.59 Å². The predicted molar refractivity (Wildman–Crippen MR) is 115 cm³/mol. The quantitative estimate of drug-likeness (QED) is 0.630. The van der Waals surface area contributed by atoms with E-state index in [0.717, 1.165) is 0 Å². The third-order valence-electron chi connectivity index (χ3n) is 5.49. The zero-order valence-electron chi connectivity index (χ0n) is 17.9. The Kier molecular flexibility index (Phi) is 6.92. The Labute approximate surface area is 191 Å². The lowest BCUT2D eigenvalue weighted by Gasteiger charge is -2.42. The van der Waals surface area contributed by atoms with E-state index in [4.69, 9.17) is 25.8 Å². The number of rotatable bonds is 6. The molecule has 2 amide bonds. The first-order valence-electron chi connectivity index (χ1n) is 10.5. The van der Waals surface area contributed by atoms with Crippen LogP contribution in [0.3, 0.4) is 0 Å². The average Bonchev–Trinajstić information content (AvgIpc) is 3.24. The summed E-state index contributed by atoms with van der Waals surface area (Å²) in [5.74, 6) is 0.251. The summed E-state index contributed by atoms with van der Waals surface area (Å²) in [5, 5.41) is 8.31. The molecule has 1 aromatic heterocycles. The minimum Gasteiger partial charge on any atom is -0.490 e. The van der Waals surface area contributed by atoms with Crippen molar-refractivity contribution < 1.29 is 23.8 Å². The van der Waals surface area contributed by atoms with Gasteiger partial charge in [-0.05, 0) is 18.2 Å². The summed E-state index contributed by atoms with van der Waals surface area (Å²) in [6.07, 6.45) is 1.65. The Hall–Kier alpha value is -2.69. The molecular weight excluding hydrogens is 438 g/mol. The van der Waals surface area contributed by atoms with Gasteiger partial charge in [-0.15, -0.1) is 5.10 Å². The van der Waals surface area contributed by atoms with Crippen molar-refractivity contribution in [3.05, 3.63) is 41.2 Å². The van der Waals surface area contributed by atoms with E-state index in [0.29, 0.717) is 43.6 Å². The fraction of sp³-hybridized carbons (Fsp3) is 0.524. The fourth-order valence-corrected chi connectivity index (χ4v) is 4.02. The minimum atomic E-state index is -1.01. The molecule has 11 heteroatoms. The molecule has 2 aliphatic rings. The van der Waals surface area contributed by atoms with E-state index >= 15 is 0 Å². The van der Waals surface area contributed by atoms with Gasteiger partial charge >= 0.3 is 0 Å². The molecule has 3 heterocycles. The van der Waals surface area contributed by atoms with Crippen LogP contribution in [0.2, 0.25) is 5.02 Å². The van der Waals surface area contributed by atoms with Crippen molar-refractivity contribution in [2.75, 3.05) is 52.6 Å². The average molecular weight is 464 g/mol. The normalized spacial score (nSPS) is 21.4. The summed E-state index contributed by atoms with van der Waals surface area (Å²) in [5.41, 5.74) is -0.757. The third kappa shape index (κ3) is 5.37. The van der Waals surface area contributed by atoms with Gasteiger partial charge in [-0.25, -0.2) is 0 Å². The first kappa shape index (κ1) is 22.5. The molecule has 2 fully saturated rings. The van der Waals surface area contributed by atoms with Crippen molar-refractivity contribution in [3.63, 3.8) is 0 Å². The highest BCUT2D eigenvalue weighted by atomic mass is 35.5. The van der Waals surface area contributed by atoms with Crippen LogP contribution in [-0.4, -0.2) is 94.8 Å². The van der Waals surface area contributed by atoms with Gasteiger partial charge in [0.25, 0.3) is 5.91 Å². The number of carbonyl (C=O) groups is 2. The van der Waals surface area contributed by atoms with Crippen LogP contribution in [0.5, 0.6) is 5.75 Å². The van der Waals surface area contributed by atoms with Gasteiger partial charge in [-0.2, -0.15) is 0 Å². The van der Waals surface area contributed by atoms with Crippen molar-refractivity contribution in [1.29, 1.82) is 0 Å². The van der Waals surface area contributed by atoms with E-state index in [-0.39, 0.29) is 43.7 Å². The summed E-state index contributed by atoms with van der Waals surface area (Å²) in [6, 6.07) is 7.03. The summed E-state index contributed by atoms with van der Waals surface area (Å²) in [4.78, 5) is 29.5. The number of nitrogens with zero attached hydrogens (tertiary/aromatic N) is 5. The van der Waals surface area contributed by atoms with E-state index in [1.165, 1.54) is 4.68 Å². The Balaban J connectivity index is 1.52. The van der Waals surface area contributed by atoms with E-state index < -0.39 is 5.60 Å². The molecule has 2 aliphatic heterocycles. The lowest BCUT2D eigenvalue weighted by molar-refractivity contribution is -0.155. The molecule has 1 unspecified atom stereocenters. The summed E-state index contributed by atoms with van der Waals surface area (Å²) >= 11 is 6.07. The highest BCUT2D eigenvalue weighted by Crippen LogP contribution is 2.27. The lowest BCUT2D eigenvalue weighted by atomic mass is 9.96. The van der Waals surface area contributed by atoms with Gasteiger partial charge < -0.3 is 24.0 Å². The van der Waals surface area contributed by atoms with Crippen LogP contribution in [0.25, 0.3) is 0 Å². The lowest BCUT2D eigenvalue weighted by Crippen LogP contribution is -2.58. The van der Waals surface area contributed by atoms with Crippen LogP contribution in [-0.2, 0) is 21.3 Å². The highest BCUT2D eigenvalue weighted by molar-refractivity contribution is 6.30. The highest BCUT2D eigenvalue weighted by Gasteiger charge is 2.43. The number of hydrogen-bond acceptors (Lipinski definition) is 7. The molecule has 0 radical (unpaired) electrons. The number of aryl methyl sites for hydroxylation is 1. The van der Waals surface area contributed by atoms with Gasteiger partial charge in [-0.1, -0.05) is 22.9 Å². The molecule has 0 spiro atoms. The standard InChI is InChI=1S/C21H26ClN5O5/c1-25-13-18(23-24-25)20(29)27-7-10-32-21(14-27,12-19(28)26-5-8-30-9-6-26)15-31-17-4-2-3-16(22)11-17/h2-4,11,13H,5-10,12,14-15H2,1H3. The minimum absolute atomic E-state index is 0.0585. The second-order valence-corrected chi connectivity index (χ2v) is 8.39. The van der Waals surface area contributed by atoms with Gasteiger partial charge in [-0.3, -0.25) is 14.3 Å². The Morgan fingerprint density at radius 1 is 1.19 bits per heavy atom. The zero-order chi connectivity index (χ0) is 22.6. The number of morpholine rings is 2. The van der Waals surface area contributed by atoms with Crippen LogP contribution in [0, 0.1) is 0 Å². The van der Waals surface area contributed by atoms with E-state index in [1.54, 1.807) is 47.3 Å². The molecule has 0 bridgehead atoms. The van der Waals surface area contributed by atoms with Crippen LogP contribution in [0.15, 0.2) is 30.5 Å². The molecule has 10 nitrogen and oxygen atoms in total. The number of aromatic nitrogens is 3. The van der Waals surface area contributed by atoms with Gasteiger partial charge in [0.2, 0.25) is 5.91 Å². The smallest absolute Gasteiger partial charge is 0.276 e. The molecule has 0 aliphatic carbocycles. The molecule has 4 rings (SSSR count). The van der Waals surface area contributed by atoms with Crippen molar-refractivity contribution in [2.45, 2.75) is 12.0 Å². The molecule has 172 valence electrons. The Bertz CT molecular complexity index is 964. The maximum atomic E-state index is 13.1. The SMILES string of the molecule is Cn1cc(C(=O)N2CCOC(COc3cccc(Cl)c3)(CC(=O)N3CCOCC3)C2)nn1. The second-order valence-electron chi connectivity index (χ2n) is 7.95. The summed E-state index contributed by atoms with van der Waals surface area (Å²) < 4.78 is 18.9. The molecule has 0 N–H and O–H groups in total. The number of benzene rings is 1. The summed E-state index contributed by atoms with van der Waals surface area (Å²) in [7, 11) is 1.70. The maximum absolute atomic E-state index is 13.1. The van der Waals surface area contributed by atoms with Gasteiger partial charge in [0.1, 0.15) is 18.0 Å². The maximum Gasteiger partial charge on any atom is 0.276 e. The van der Waals surface area contributed by atoms with Gasteiger partial charge in [0.05, 0.1) is 39.0 Å². The van der Waals surface area contributed by atoms with Crippen molar-refractivity contribution in [3.8, 4) is 5.75 Å². The van der Waals surface area contributed by atoms with Crippen LogP contribution >= 0.6 is 11.6 Å². The van der Waals surface area contributed by atoms with Crippen molar-refractivity contribution in [1.82, 2.24) is 24.8 Å². The Morgan fingerprint density at radius 2 is 1.97 bits per heavy atom. The summed E-state index contributed by atoms with van der Waals surface area (Å²) in [6.45, 7) is 3.04. The monoisotopic (exact) mass is 463 g/mol. The van der Waals surface area contributed by atoms with Gasteiger partial charge in [0, 0.05) is 31.7 Å². The number of carbonyl (C=O) groups excluding carboxylic acids is 2. The fourth-order valence-electron chi connectivity index (χ4n) is 3.84.